The molecule has 0 saturated carbocycles. The maximum atomic E-state index is 4.05. The zero-order valence-electron chi connectivity index (χ0n) is 7.09. The van der Waals surface area contributed by atoms with Crippen LogP contribution in [0.5, 0.6) is 0 Å². The molecule has 0 saturated heterocycles. The average Bonchev–Trinajstić information content (AvgIpc) is 1.98. The Morgan fingerprint density at radius 2 is 2.30 bits per heavy atom. The van der Waals surface area contributed by atoms with Crippen LogP contribution in [-0.4, -0.2) is 31.4 Å². The molecule has 0 fully saturated rings. The van der Waals surface area contributed by atoms with E-state index in [0.717, 1.165) is 18.8 Å². The highest BCUT2D eigenvalue weighted by atomic mass is 15.1. The number of nitrogens with zero attached hydrogens (tertiary/aromatic N) is 2. The summed E-state index contributed by atoms with van der Waals surface area (Å²) in [5.74, 6) is 1.07. The molecular weight excluding hydrogens is 124 g/mol. The number of amidine groups is 1. The van der Waals surface area contributed by atoms with Crippen LogP contribution in [0.4, 0.5) is 0 Å². The normalized spacial score (nSPS) is 11.3. The van der Waals surface area contributed by atoms with E-state index in [4.69, 9.17) is 0 Å². The third kappa shape index (κ3) is 3.28. The molecule has 0 radical (unpaired) electrons. The summed E-state index contributed by atoms with van der Waals surface area (Å²) in [6.07, 6.45) is 2.93. The Bertz CT molecular complexity index is 127. The van der Waals surface area contributed by atoms with Crippen molar-refractivity contribution >= 4 is 5.84 Å². The lowest BCUT2D eigenvalue weighted by Gasteiger charge is -2.16. The van der Waals surface area contributed by atoms with Crippen LogP contribution in [0.1, 0.15) is 13.3 Å². The summed E-state index contributed by atoms with van der Waals surface area (Å²) in [6.45, 7) is 6.66. The number of hydrogen-bond acceptors (Lipinski definition) is 1. The van der Waals surface area contributed by atoms with Crippen LogP contribution in [0.2, 0.25) is 0 Å². The summed E-state index contributed by atoms with van der Waals surface area (Å²) < 4.78 is 0. The van der Waals surface area contributed by atoms with E-state index >= 15 is 0 Å². The SMILES string of the molecule is C=CCCN(C)/C(C)=N\C. The molecule has 0 amide bonds. The molecule has 58 valence electrons. The smallest absolute Gasteiger partial charge is 0.0951 e. The van der Waals surface area contributed by atoms with Crippen LogP contribution < -0.4 is 0 Å². The van der Waals surface area contributed by atoms with Crippen molar-refractivity contribution in [1.82, 2.24) is 4.90 Å². The summed E-state index contributed by atoms with van der Waals surface area (Å²) in [7, 11) is 3.84. The van der Waals surface area contributed by atoms with E-state index in [1.54, 1.807) is 7.05 Å². The molecule has 0 bridgehead atoms. The lowest BCUT2D eigenvalue weighted by atomic mass is 10.4. The third-order valence-corrected chi connectivity index (χ3v) is 1.54. The number of rotatable bonds is 3. The molecule has 2 heteroatoms. The zero-order valence-corrected chi connectivity index (χ0v) is 7.09. The van der Waals surface area contributed by atoms with E-state index in [0.29, 0.717) is 0 Å². The summed E-state index contributed by atoms with van der Waals surface area (Å²) >= 11 is 0. The molecule has 10 heavy (non-hydrogen) atoms. The van der Waals surface area contributed by atoms with E-state index in [2.05, 4.69) is 16.5 Å². The molecule has 0 atom stereocenters. The lowest BCUT2D eigenvalue weighted by Crippen LogP contribution is -2.24. The second-order valence-electron chi connectivity index (χ2n) is 2.27. The van der Waals surface area contributed by atoms with Crippen molar-refractivity contribution in [3.63, 3.8) is 0 Å². The molecule has 0 unspecified atom stereocenters. The molecule has 0 aliphatic heterocycles. The van der Waals surface area contributed by atoms with Crippen LogP contribution >= 0.6 is 0 Å². The van der Waals surface area contributed by atoms with Gasteiger partial charge in [-0.05, 0) is 13.3 Å². The van der Waals surface area contributed by atoms with E-state index in [1.807, 2.05) is 20.0 Å². The first-order valence-electron chi connectivity index (χ1n) is 3.47. The van der Waals surface area contributed by atoms with Gasteiger partial charge in [0.1, 0.15) is 0 Å². The second-order valence-corrected chi connectivity index (χ2v) is 2.27. The summed E-state index contributed by atoms with van der Waals surface area (Å²) in [5.41, 5.74) is 0. The molecular formula is C8H16N2. The predicted octanol–water partition coefficient (Wildman–Crippen LogP) is 1.54. The van der Waals surface area contributed by atoms with Gasteiger partial charge >= 0.3 is 0 Å². The van der Waals surface area contributed by atoms with Gasteiger partial charge in [0.2, 0.25) is 0 Å². The molecule has 0 spiro atoms. The van der Waals surface area contributed by atoms with Gasteiger partial charge in [0.15, 0.2) is 0 Å². The highest BCUT2D eigenvalue weighted by Gasteiger charge is 1.95. The highest BCUT2D eigenvalue weighted by molar-refractivity contribution is 5.79. The van der Waals surface area contributed by atoms with Crippen LogP contribution in [0, 0.1) is 0 Å². The fourth-order valence-corrected chi connectivity index (χ4v) is 0.617. The van der Waals surface area contributed by atoms with Crippen molar-refractivity contribution < 1.29 is 0 Å². The standard InChI is InChI=1S/C8H16N2/c1-5-6-7-10(4)8(2)9-3/h5H,1,6-7H2,2-4H3/b9-8-. The van der Waals surface area contributed by atoms with Gasteiger partial charge in [0, 0.05) is 20.6 Å². The number of aliphatic imine (C=N–C) groups is 1. The molecule has 2 nitrogen and oxygen atoms in total. The van der Waals surface area contributed by atoms with Crippen molar-refractivity contribution in [3.05, 3.63) is 12.7 Å². The molecule has 0 aromatic heterocycles. The number of hydrogen-bond donors (Lipinski definition) is 0. The van der Waals surface area contributed by atoms with Crippen LogP contribution in [0.25, 0.3) is 0 Å². The first-order chi connectivity index (χ1) is 4.72. The summed E-state index contributed by atoms with van der Waals surface area (Å²) in [5, 5.41) is 0. The Kier molecular flexibility index (Phi) is 4.63. The molecule has 0 aromatic carbocycles. The first-order valence-corrected chi connectivity index (χ1v) is 3.47. The van der Waals surface area contributed by atoms with Gasteiger partial charge in [-0.3, -0.25) is 4.99 Å². The summed E-state index contributed by atoms with van der Waals surface area (Å²) in [4.78, 5) is 6.16. The van der Waals surface area contributed by atoms with E-state index in [9.17, 15) is 0 Å². The quantitative estimate of drug-likeness (QED) is 0.330. The van der Waals surface area contributed by atoms with Crippen molar-refractivity contribution in [2.45, 2.75) is 13.3 Å². The van der Waals surface area contributed by atoms with Crippen LogP contribution in [-0.2, 0) is 0 Å². The minimum atomic E-state index is 1.01. The highest BCUT2D eigenvalue weighted by Crippen LogP contribution is 1.89. The Hall–Kier alpha value is -0.790. The Balaban J connectivity index is 3.61. The largest absolute Gasteiger partial charge is 0.363 e. The Morgan fingerprint density at radius 3 is 2.70 bits per heavy atom. The first kappa shape index (κ1) is 9.21. The minimum Gasteiger partial charge on any atom is -0.363 e. The molecule has 0 N–H and O–H groups in total. The molecule has 0 aliphatic rings. The molecule has 0 aliphatic carbocycles. The lowest BCUT2D eigenvalue weighted by molar-refractivity contribution is 0.509. The van der Waals surface area contributed by atoms with Crippen LogP contribution in [0.3, 0.4) is 0 Å². The predicted molar refractivity (Wildman–Crippen MR) is 46.5 cm³/mol. The monoisotopic (exact) mass is 140 g/mol. The van der Waals surface area contributed by atoms with Crippen molar-refractivity contribution in [2.24, 2.45) is 4.99 Å². The van der Waals surface area contributed by atoms with Crippen molar-refractivity contribution in [1.29, 1.82) is 0 Å². The minimum absolute atomic E-state index is 1.01. The molecule has 0 rings (SSSR count). The Labute approximate surface area is 63.3 Å². The Morgan fingerprint density at radius 1 is 1.70 bits per heavy atom. The summed E-state index contributed by atoms with van der Waals surface area (Å²) in [6, 6.07) is 0. The maximum absolute atomic E-state index is 4.05. The average molecular weight is 140 g/mol. The van der Waals surface area contributed by atoms with Crippen molar-refractivity contribution in [2.75, 3.05) is 20.6 Å². The second kappa shape index (κ2) is 5.03. The van der Waals surface area contributed by atoms with Crippen LogP contribution in [0.15, 0.2) is 17.6 Å². The zero-order chi connectivity index (χ0) is 7.98. The van der Waals surface area contributed by atoms with Gasteiger partial charge in [-0.25, -0.2) is 0 Å². The van der Waals surface area contributed by atoms with Gasteiger partial charge in [-0.15, -0.1) is 6.58 Å². The topological polar surface area (TPSA) is 15.6 Å². The van der Waals surface area contributed by atoms with Crippen molar-refractivity contribution in [3.8, 4) is 0 Å². The molecule has 0 heterocycles. The van der Waals surface area contributed by atoms with Gasteiger partial charge in [-0.2, -0.15) is 0 Å². The fourth-order valence-electron chi connectivity index (χ4n) is 0.617. The van der Waals surface area contributed by atoms with E-state index in [-0.39, 0.29) is 0 Å². The van der Waals surface area contributed by atoms with Gasteiger partial charge in [0.25, 0.3) is 0 Å². The van der Waals surface area contributed by atoms with E-state index in [1.165, 1.54) is 0 Å². The van der Waals surface area contributed by atoms with Gasteiger partial charge in [-0.1, -0.05) is 6.08 Å². The van der Waals surface area contributed by atoms with Gasteiger partial charge < -0.3 is 4.90 Å². The molecule has 0 aromatic rings. The fraction of sp³-hybridized carbons (Fsp3) is 0.625. The third-order valence-electron chi connectivity index (χ3n) is 1.54. The maximum Gasteiger partial charge on any atom is 0.0951 e. The van der Waals surface area contributed by atoms with E-state index < -0.39 is 0 Å². The van der Waals surface area contributed by atoms with Gasteiger partial charge in [0.05, 0.1) is 5.84 Å².